The molecule has 2 heterocycles. The van der Waals surface area contributed by atoms with Crippen molar-refractivity contribution >= 4 is 44.5 Å². The van der Waals surface area contributed by atoms with Crippen LogP contribution in [0.15, 0.2) is 42.5 Å². The first-order chi connectivity index (χ1) is 15.4. The third-order valence-corrected chi connectivity index (χ3v) is 5.98. The zero-order chi connectivity index (χ0) is 24.0. The van der Waals surface area contributed by atoms with E-state index >= 15 is 0 Å². The summed E-state index contributed by atoms with van der Waals surface area (Å²) in [5.74, 6) is -1.67. The van der Waals surface area contributed by atoms with Crippen LogP contribution < -0.4 is 15.4 Å². The highest BCUT2D eigenvalue weighted by Gasteiger charge is 2.49. The van der Waals surface area contributed by atoms with Gasteiger partial charge in [0.2, 0.25) is 5.91 Å². The number of thiazole rings is 1. The summed E-state index contributed by atoms with van der Waals surface area (Å²) >= 11 is 0.929. The van der Waals surface area contributed by atoms with E-state index in [1.54, 1.807) is 19.1 Å². The van der Waals surface area contributed by atoms with Crippen molar-refractivity contribution in [1.29, 1.82) is 0 Å². The van der Waals surface area contributed by atoms with Gasteiger partial charge in [-0.3, -0.25) is 14.5 Å². The number of benzene rings is 2. The van der Waals surface area contributed by atoms with E-state index in [2.05, 4.69) is 20.4 Å². The monoisotopic (exact) mass is 478 g/mol. The van der Waals surface area contributed by atoms with Crippen molar-refractivity contribution in [2.45, 2.75) is 25.7 Å². The first kappa shape index (κ1) is 22.5. The van der Waals surface area contributed by atoms with E-state index in [1.165, 1.54) is 6.07 Å². The number of nitrogens with zero attached hydrogens (tertiary/aromatic N) is 2. The summed E-state index contributed by atoms with van der Waals surface area (Å²) in [5.41, 5.74) is 0.614. The molecule has 1 atom stereocenters. The van der Waals surface area contributed by atoms with Crippen LogP contribution in [-0.2, 0) is 15.1 Å². The van der Waals surface area contributed by atoms with Crippen LogP contribution in [0, 0.1) is 6.92 Å². The maximum absolute atomic E-state index is 12.9. The van der Waals surface area contributed by atoms with Crippen molar-refractivity contribution in [2.24, 2.45) is 0 Å². The number of urea groups is 1. The van der Waals surface area contributed by atoms with Crippen LogP contribution in [0.25, 0.3) is 10.2 Å². The molecule has 1 aromatic heterocycles. The number of anilines is 1. The first-order valence-corrected chi connectivity index (χ1v) is 10.4. The molecule has 8 nitrogen and oxygen atoms in total. The third kappa shape index (κ3) is 4.60. The number of fused-ring (bicyclic) bond motifs is 1. The molecule has 3 aromatic rings. The molecule has 1 unspecified atom stereocenters. The molecule has 0 bridgehead atoms. The third-order valence-electron chi connectivity index (χ3n) is 5.05. The summed E-state index contributed by atoms with van der Waals surface area (Å²) in [7, 11) is 0. The summed E-state index contributed by atoms with van der Waals surface area (Å²) in [6.07, 6.45) is -4.83. The SMILES string of the molecule is Cc1ccc(C2(C)NC(=O)N(CC(=O)Nc3nc4ccc(OC(F)(F)F)cc4s3)C2=O)cc1. The minimum atomic E-state index is -4.83. The van der Waals surface area contributed by atoms with Crippen LogP contribution >= 0.6 is 11.3 Å². The van der Waals surface area contributed by atoms with E-state index < -0.39 is 42.0 Å². The molecule has 2 N–H and O–H groups in total. The number of amides is 4. The molecule has 172 valence electrons. The maximum atomic E-state index is 12.9. The van der Waals surface area contributed by atoms with Crippen LogP contribution in [0.5, 0.6) is 5.75 Å². The lowest BCUT2D eigenvalue weighted by Crippen LogP contribution is -2.42. The summed E-state index contributed by atoms with van der Waals surface area (Å²) in [4.78, 5) is 42.8. The zero-order valence-corrected chi connectivity index (χ0v) is 18.1. The van der Waals surface area contributed by atoms with E-state index in [9.17, 15) is 27.6 Å². The van der Waals surface area contributed by atoms with E-state index in [1.807, 2.05) is 19.1 Å². The second kappa shape index (κ2) is 8.03. The Labute approximate surface area is 189 Å². The summed E-state index contributed by atoms with van der Waals surface area (Å²) in [5, 5.41) is 5.20. The van der Waals surface area contributed by atoms with Gasteiger partial charge < -0.3 is 15.4 Å². The Hall–Kier alpha value is -3.67. The quantitative estimate of drug-likeness (QED) is 0.542. The topological polar surface area (TPSA) is 101 Å². The Morgan fingerprint density at radius 2 is 1.91 bits per heavy atom. The molecule has 1 aliphatic rings. The molecule has 33 heavy (non-hydrogen) atoms. The number of carbonyl (C=O) groups excluding carboxylic acids is 3. The molecule has 0 saturated carbocycles. The van der Waals surface area contributed by atoms with Crippen LogP contribution in [-0.4, -0.2) is 40.6 Å². The Bertz CT molecular complexity index is 1260. The summed E-state index contributed by atoms with van der Waals surface area (Å²) in [6.45, 7) is 2.90. The van der Waals surface area contributed by atoms with Gasteiger partial charge in [-0.2, -0.15) is 0 Å². The fourth-order valence-electron chi connectivity index (χ4n) is 3.38. The van der Waals surface area contributed by atoms with Gasteiger partial charge in [-0.15, -0.1) is 13.2 Å². The Kier molecular flexibility index (Phi) is 5.48. The minimum absolute atomic E-state index is 0.104. The van der Waals surface area contributed by atoms with Gasteiger partial charge in [-0.05, 0) is 31.5 Å². The number of aromatic nitrogens is 1. The zero-order valence-electron chi connectivity index (χ0n) is 17.3. The predicted octanol–water partition coefficient (Wildman–Crippen LogP) is 3.91. The van der Waals surface area contributed by atoms with E-state index in [0.717, 1.165) is 33.9 Å². The lowest BCUT2D eigenvalue weighted by Gasteiger charge is -2.22. The fourth-order valence-corrected chi connectivity index (χ4v) is 4.29. The lowest BCUT2D eigenvalue weighted by atomic mass is 9.91. The number of nitrogens with one attached hydrogen (secondary N) is 2. The molecule has 1 aliphatic heterocycles. The van der Waals surface area contributed by atoms with Crippen molar-refractivity contribution in [3.63, 3.8) is 0 Å². The van der Waals surface area contributed by atoms with Gasteiger partial charge in [0.15, 0.2) is 5.13 Å². The maximum Gasteiger partial charge on any atom is 0.573 e. The van der Waals surface area contributed by atoms with Crippen molar-refractivity contribution in [2.75, 3.05) is 11.9 Å². The summed E-state index contributed by atoms with van der Waals surface area (Å²) in [6, 6.07) is 9.97. The number of hydrogen-bond donors (Lipinski definition) is 2. The number of alkyl halides is 3. The molecule has 1 saturated heterocycles. The number of halogens is 3. The second-order valence-electron chi connectivity index (χ2n) is 7.56. The average molecular weight is 478 g/mol. The van der Waals surface area contributed by atoms with Crippen molar-refractivity contribution in [1.82, 2.24) is 15.2 Å². The molecular weight excluding hydrogens is 461 g/mol. The number of ether oxygens (including phenoxy) is 1. The van der Waals surface area contributed by atoms with Crippen molar-refractivity contribution < 1.29 is 32.3 Å². The van der Waals surface area contributed by atoms with E-state index in [0.29, 0.717) is 15.8 Å². The molecule has 4 rings (SSSR count). The summed E-state index contributed by atoms with van der Waals surface area (Å²) < 4.78 is 41.4. The number of rotatable bonds is 5. The van der Waals surface area contributed by atoms with Crippen molar-refractivity contribution in [3.8, 4) is 5.75 Å². The number of hydrogen-bond acceptors (Lipinski definition) is 6. The second-order valence-corrected chi connectivity index (χ2v) is 8.59. The molecule has 12 heteroatoms. The van der Waals surface area contributed by atoms with Gasteiger partial charge >= 0.3 is 12.4 Å². The fraction of sp³-hybridized carbons (Fsp3) is 0.238. The average Bonchev–Trinajstić information content (AvgIpc) is 3.20. The van der Waals surface area contributed by atoms with Gasteiger partial charge in [0, 0.05) is 6.07 Å². The van der Waals surface area contributed by atoms with Gasteiger partial charge in [0.25, 0.3) is 5.91 Å². The van der Waals surface area contributed by atoms with Gasteiger partial charge in [0.1, 0.15) is 17.8 Å². The normalized spacial score (nSPS) is 18.5. The van der Waals surface area contributed by atoms with Crippen LogP contribution in [0.1, 0.15) is 18.1 Å². The number of imide groups is 1. The molecule has 2 aromatic carbocycles. The highest BCUT2D eigenvalue weighted by atomic mass is 32.1. The predicted molar refractivity (Wildman–Crippen MR) is 114 cm³/mol. The molecular formula is C21H17F3N4O4S. The van der Waals surface area contributed by atoms with Gasteiger partial charge in [-0.25, -0.2) is 9.78 Å². The number of aryl methyl sites for hydroxylation is 1. The van der Waals surface area contributed by atoms with Gasteiger partial charge in [0.05, 0.1) is 10.2 Å². The van der Waals surface area contributed by atoms with Gasteiger partial charge in [-0.1, -0.05) is 41.2 Å². The Morgan fingerprint density at radius 1 is 1.21 bits per heavy atom. The molecule has 0 aliphatic carbocycles. The highest BCUT2D eigenvalue weighted by Crippen LogP contribution is 2.32. The molecule has 0 spiro atoms. The largest absolute Gasteiger partial charge is 0.573 e. The Morgan fingerprint density at radius 3 is 2.58 bits per heavy atom. The Balaban J connectivity index is 1.46. The van der Waals surface area contributed by atoms with Crippen LogP contribution in [0.4, 0.5) is 23.1 Å². The van der Waals surface area contributed by atoms with E-state index in [4.69, 9.17) is 0 Å². The molecule has 1 fully saturated rings. The highest BCUT2D eigenvalue weighted by molar-refractivity contribution is 7.22. The van der Waals surface area contributed by atoms with Crippen molar-refractivity contribution in [3.05, 3.63) is 53.6 Å². The van der Waals surface area contributed by atoms with E-state index in [-0.39, 0.29) is 5.13 Å². The smallest absolute Gasteiger partial charge is 0.406 e. The molecule has 0 radical (unpaired) electrons. The standard InChI is InChI=1S/C21H17F3N4O4S/c1-11-3-5-12(6-4-11)20(2)17(30)28(19(31)27-20)10-16(29)26-18-25-14-8-7-13(9-15(14)33-18)32-21(22,23)24/h3-9H,10H2,1-2H3,(H,27,31)(H,25,26,29). The first-order valence-electron chi connectivity index (χ1n) is 9.62. The van der Waals surface area contributed by atoms with Crippen LogP contribution in [0.3, 0.4) is 0 Å². The lowest BCUT2D eigenvalue weighted by molar-refractivity contribution is -0.274. The van der Waals surface area contributed by atoms with Crippen LogP contribution in [0.2, 0.25) is 0 Å². The number of carbonyl (C=O) groups is 3. The molecule has 4 amide bonds. The minimum Gasteiger partial charge on any atom is -0.406 e.